The van der Waals surface area contributed by atoms with E-state index in [1.807, 2.05) is 6.07 Å². The second-order valence-electron chi connectivity index (χ2n) is 6.54. The van der Waals surface area contributed by atoms with Gasteiger partial charge in [0.15, 0.2) is 11.5 Å². The summed E-state index contributed by atoms with van der Waals surface area (Å²) in [6, 6.07) is 4.16. The number of carbonyl (C=O) groups excluding carboxylic acids is 4. The molecule has 1 saturated heterocycles. The van der Waals surface area contributed by atoms with E-state index in [1.165, 1.54) is 4.90 Å². The molecule has 5 amide bonds. The van der Waals surface area contributed by atoms with Crippen molar-refractivity contribution in [2.45, 2.75) is 33.4 Å². The lowest BCUT2D eigenvalue weighted by molar-refractivity contribution is -0.145. The van der Waals surface area contributed by atoms with Gasteiger partial charge in [-0.3, -0.25) is 19.3 Å². The van der Waals surface area contributed by atoms with Crippen molar-refractivity contribution in [3.8, 4) is 11.5 Å². The van der Waals surface area contributed by atoms with Crippen LogP contribution in [0.5, 0.6) is 11.5 Å². The number of benzene rings is 1. The van der Waals surface area contributed by atoms with Gasteiger partial charge in [-0.25, -0.2) is 9.69 Å². The van der Waals surface area contributed by atoms with Gasteiger partial charge >= 0.3 is 17.8 Å². The molecule has 0 spiro atoms. The molecule has 0 bridgehead atoms. The molecule has 0 saturated carbocycles. The van der Waals surface area contributed by atoms with Gasteiger partial charge in [-0.1, -0.05) is 6.07 Å². The van der Waals surface area contributed by atoms with Crippen LogP contribution in [0.4, 0.5) is 4.79 Å². The average Bonchev–Trinajstić information content (AvgIpc) is 3.17. The lowest BCUT2D eigenvalue weighted by atomic mass is 10.2. The molecule has 0 aliphatic carbocycles. The van der Waals surface area contributed by atoms with E-state index >= 15 is 0 Å². The predicted octanol–water partition coefficient (Wildman–Crippen LogP) is 0.963. The van der Waals surface area contributed by atoms with E-state index in [1.54, 1.807) is 32.9 Å². The highest BCUT2D eigenvalue weighted by atomic mass is 16.7. The number of rotatable bonds is 6. The van der Waals surface area contributed by atoms with E-state index in [0.29, 0.717) is 22.9 Å². The number of urea groups is 1. The molecule has 3 rings (SSSR count). The standard InChI is InChI=1S/C18H21N3O6/c1-4-19(8-12-5-6-13-14(7-12)27-10-26-13)15(22)9-20-16(23)17(24)21(11(2)3)18(20)25/h5-7,11H,4,8-10H2,1-3H3. The first-order valence-corrected chi connectivity index (χ1v) is 8.68. The van der Waals surface area contributed by atoms with Gasteiger partial charge in [0, 0.05) is 19.1 Å². The average molecular weight is 375 g/mol. The molecule has 1 fully saturated rings. The topological polar surface area (TPSA) is 96.5 Å². The van der Waals surface area contributed by atoms with Crippen molar-refractivity contribution in [2.24, 2.45) is 0 Å². The molecule has 0 unspecified atom stereocenters. The third kappa shape index (κ3) is 3.44. The Hall–Kier alpha value is -3.10. The number of carbonyl (C=O) groups is 4. The van der Waals surface area contributed by atoms with E-state index in [9.17, 15) is 19.2 Å². The summed E-state index contributed by atoms with van der Waals surface area (Å²) in [6.45, 7) is 5.41. The van der Waals surface area contributed by atoms with Gasteiger partial charge in [-0.2, -0.15) is 0 Å². The minimum atomic E-state index is -0.971. The maximum Gasteiger partial charge on any atom is 0.334 e. The maximum atomic E-state index is 12.6. The van der Waals surface area contributed by atoms with E-state index in [0.717, 1.165) is 10.5 Å². The number of imide groups is 2. The molecule has 2 heterocycles. The molecule has 2 aliphatic heterocycles. The van der Waals surface area contributed by atoms with Crippen molar-refractivity contribution in [1.82, 2.24) is 14.7 Å². The highest BCUT2D eigenvalue weighted by molar-refractivity contribution is 6.45. The second-order valence-corrected chi connectivity index (χ2v) is 6.54. The third-order valence-electron chi connectivity index (χ3n) is 4.44. The van der Waals surface area contributed by atoms with Crippen LogP contribution in [0.25, 0.3) is 0 Å². The van der Waals surface area contributed by atoms with E-state index in [-0.39, 0.29) is 13.3 Å². The first-order valence-electron chi connectivity index (χ1n) is 8.68. The Labute approximate surface area is 156 Å². The van der Waals surface area contributed by atoms with Crippen molar-refractivity contribution in [1.29, 1.82) is 0 Å². The van der Waals surface area contributed by atoms with Crippen molar-refractivity contribution in [3.05, 3.63) is 23.8 Å². The van der Waals surface area contributed by atoms with E-state index < -0.39 is 36.3 Å². The fraction of sp³-hybridized carbons (Fsp3) is 0.444. The summed E-state index contributed by atoms with van der Waals surface area (Å²) >= 11 is 0. The molecule has 1 aromatic rings. The summed E-state index contributed by atoms with van der Waals surface area (Å²) in [5.74, 6) is -1.04. The quantitative estimate of drug-likeness (QED) is 0.543. The number of nitrogens with zero attached hydrogens (tertiary/aromatic N) is 3. The van der Waals surface area contributed by atoms with Gasteiger partial charge in [-0.05, 0) is 38.5 Å². The highest BCUT2D eigenvalue weighted by Gasteiger charge is 2.46. The lowest BCUT2D eigenvalue weighted by Crippen LogP contribution is -2.44. The van der Waals surface area contributed by atoms with Gasteiger partial charge in [0.1, 0.15) is 6.54 Å². The molecule has 1 aromatic carbocycles. The minimum Gasteiger partial charge on any atom is -0.454 e. The minimum absolute atomic E-state index is 0.161. The molecule has 0 radical (unpaired) electrons. The summed E-state index contributed by atoms with van der Waals surface area (Å²) in [5.41, 5.74) is 0.827. The summed E-state index contributed by atoms with van der Waals surface area (Å²) in [7, 11) is 0. The smallest absolute Gasteiger partial charge is 0.334 e. The Morgan fingerprint density at radius 1 is 1.15 bits per heavy atom. The fourth-order valence-electron chi connectivity index (χ4n) is 2.99. The Balaban J connectivity index is 1.69. The molecule has 0 N–H and O–H groups in total. The van der Waals surface area contributed by atoms with Gasteiger partial charge in [-0.15, -0.1) is 0 Å². The number of fused-ring (bicyclic) bond motifs is 1. The van der Waals surface area contributed by atoms with Crippen molar-refractivity contribution < 1.29 is 28.7 Å². The lowest BCUT2D eigenvalue weighted by Gasteiger charge is -2.24. The van der Waals surface area contributed by atoms with Gasteiger partial charge in [0.25, 0.3) is 0 Å². The van der Waals surface area contributed by atoms with Gasteiger partial charge in [0.2, 0.25) is 12.7 Å². The molecule has 9 heteroatoms. The van der Waals surface area contributed by atoms with Crippen LogP contribution in [0.3, 0.4) is 0 Å². The molecular weight excluding hydrogens is 354 g/mol. The van der Waals surface area contributed by atoms with Crippen molar-refractivity contribution >= 4 is 23.8 Å². The Morgan fingerprint density at radius 2 is 1.85 bits per heavy atom. The SMILES string of the molecule is CCN(Cc1ccc2c(c1)OCO2)C(=O)CN1C(=O)C(=O)N(C(C)C)C1=O. The van der Waals surface area contributed by atoms with Crippen LogP contribution in [0.2, 0.25) is 0 Å². The van der Waals surface area contributed by atoms with Crippen LogP contribution >= 0.6 is 0 Å². The number of amides is 5. The van der Waals surface area contributed by atoms with E-state index in [4.69, 9.17) is 9.47 Å². The zero-order valence-electron chi connectivity index (χ0n) is 15.4. The Kier molecular flexibility index (Phi) is 5.02. The number of hydrogen-bond donors (Lipinski definition) is 0. The maximum absolute atomic E-state index is 12.6. The van der Waals surface area contributed by atoms with Crippen molar-refractivity contribution in [3.63, 3.8) is 0 Å². The van der Waals surface area contributed by atoms with Crippen LogP contribution < -0.4 is 9.47 Å². The predicted molar refractivity (Wildman–Crippen MR) is 92.7 cm³/mol. The second kappa shape index (κ2) is 7.26. The highest BCUT2D eigenvalue weighted by Crippen LogP contribution is 2.32. The van der Waals surface area contributed by atoms with Crippen LogP contribution in [-0.2, 0) is 20.9 Å². The molecule has 0 atom stereocenters. The first kappa shape index (κ1) is 18.7. The van der Waals surface area contributed by atoms with Gasteiger partial charge < -0.3 is 14.4 Å². The molecular formula is C18H21N3O6. The number of likely N-dealkylation sites (N-methyl/N-ethyl adjacent to an activating group) is 1. The van der Waals surface area contributed by atoms with Crippen LogP contribution in [0.15, 0.2) is 18.2 Å². The number of hydrogen-bond acceptors (Lipinski definition) is 6. The van der Waals surface area contributed by atoms with Gasteiger partial charge in [0.05, 0.1) is 0 Å². The monoisotopic (exact) mass is 375 g/mol. The first-order chi connectivity index (χ1) is 12.8. The molecule has 9 nitrogen and oxygen atoms in total. The van der Waals surface area contributed by atoms with Crippen LogP contribution in [0, 0.1) is 0 Å². The summed E-state index contributed by atoms with van der Waals surface area (Å²) in [5, 5.41) is 0. The fourth-order valence-corrected chi connectivity index (χ4v) is 2.99. The molecule has 2 aliphatic rings. The number of ether oxygens (including phenoxy) is 2. The van der Waals surface area contributed by atoms with Crippen molar-refractivity contribution in [2.75, 3.05) is 19.9 Å². The zero-order chi connectivity index (χ0) is 19.7. The Bertz CT molecular complexity index is 806. The molecule has 144 valence electrons. The van der Waals surface area contributed by atoms with Crippen LogP contribution in [-0.4, -0.2) is 64.4 Å². The summed E-state index contributed by atoms with van der Waals surface area (Å²) in [6.07, 6.45) is 0. The normalized spacial score (nSPS) is 15.9. The largest absolute Gasteiger partial charge is 0.454 e. The summed E-state index contributed by atoms with van der Waals surface area (Å²) in [4.78, 5) is 52.0. The zero-order valence-corrected chi connectivity index (χ0v) is 15.4. The summed E-state index contributed by atoms with van der Waals surface area (Å²) < 4.78 is 10.6. The van der Waals surface area contributed by atoms with E-state index in [2.05, 4.69) is 0 Å². The molecule has 27 heavy (non-hydrogen) atoms. The molecule has 0 aromatic heterocycles. The van der Waals surface area contributed by atoms with Crippen LogP contribution in [0.1, 0.15) is 26.3 Å². The third-order valence-corrected chi connectivity index (χ3v) is 4.44. The Morgan fingerprint density at radius 3 is 2.48 bits per heavy atom.